The zero-order valence-corrected chi connectivity index (χ0v) is 14.6. The van der Waals surface area contributed by atoms with E-state index in [2.05, 4.69) is 60.1 Å². The summed E-state index contributed by atoms with van der Waals surface area (Å²) >= 11 is 4.55. The van der Waals surface area contributed by atoms with E-state index >= 15 is 0 Å². The van der Waals surface area contributed by atoms with Crippen molar-refractivity contribution in [1.29, 1.82) is 0 Å². The summed E-state index contributed by atoms with van der Waals surface area (Å²) in [4.78, 5) is 13.4. The molecule has 20 heavy (non-hydrogen) atoms. The van der Waals surface area contributed by atoms with E-state index < -0.39 is 0 Å². The maximum absolute atomic E-state index is 4.66. The van der Waals surface area contributed by atoms with Gasteiger partial charge < -0.3 is 0 Å². The maximum Gasteiger partial charge on any atom is 0.0896 e. The molecular weight excluding hydrogens is 476 g/mol. The third-order valence-corrected chi connectivity index (χ3v) is 4.06. The van der Waals surface area contributed by atoms with E-state index in [1.807, 2.05) is 42.5 Å². The quantitative estimate of drug-likeness (QED) is 0.505. The molecule has 3 rings (SSSR count). The van der Waals surface area contributed by atoms with Crippen molar-refractivity contribution in [3.05, 3.63) is 62.0 Å². The minimum atomic E-state index is 0.863. The molecule has 3 aromatic heterocycles. The van der Waals surface area contributed by atoms with Crippen LogP contribution in [0.4, 0.5) is 0 Å². The van der Waals surface area contributed by atoms with Crippen LogP contribution in [0.25, 0.3) is 22.8 Å². The van der Waals surface area contributed by atoms with Gasteiger partial charge in [0.05, 0.1) is 22.8 Å². The number of aromatic nitrogens is 3. The molecule has 0 spiro atoms. The first-order chi connectivity index (χ1) is 9.72. The Kier molecular flexibility index (Phi) is 4.25. The highest BCUT2D eigenvalue weighted by molar-refractivity contribution is 14.1. The Morgan fingerprint density at radius 1 is 0.650 bits per heavy atom. The van der Waals surface area contributed by atoms with E-state index in [9.17, 15) is 0 Å². The summed E-state index contributed by atoms with van der Waals surface area (Å²) in [5.74, 6) is 0. The first kappa shape index (κ1) is 13.9. The third-order valence-electron chi connectivity index (χ3n) is 2.72. The van der Waals surface area contributed by atoms with Gasteiger partial charge in [-0.15, -0.1) is 0 Å². The summed E-state index contributed by atoms with van der Waals surface area (Å²) < 4.78 is 2.29. The molecule has 0 atom stereocenters. The van der Waals surface area contributed by atoms with Crippen LogP contribution >= 0.6 is 45.2 Å². The molecule has 0 fully saturated rings. The minimum absolute atomic E-state index is 0.863. The summed E-state index contributed by atoms with van der Waals surface area (Å²) in [6, 6.07) is 13.9. The number of halogens is 2. The Hall–Kier alpha value is -1.09. The molecule has 0 aliphatic carbocycles. The van der Waals surface area contributed by atoms with Crippen LogP contribution in [0.2, 0.25) is 0 Å². The lowest BCUT2D eigenvalue weighted by Gasteiger charge is -2.04. The van der Waals surface area contributed by atoms with Crippen LogP contribution in [0, 0.1) is 7.14 Å². The Morgan fingerprint density at radius 3 is 1.60 bits per heavy atom. The van der Waals surface area contributed by atoms with E-state index in [-0.39, 0.29) is 0 Å². The average Bonchev–Trinajstić information content (AvgIpc) is 2.47. The fraction of sp³-hybridized carbons (Fsp3) is 0. The molecule has 3 heterocycles. The molecule has 98 valence electrons. The number of pyridine rings is 3. The number of hydrogen-bond acceptors (Lipinski definition) is 3. The van der Waals surface area contributed by atoms with Crippen molar-refractivity contribution < 1.29 is 0 Å². The van der Waals surface area contributed by atoms with Gasteiger partial charge in [-0.2, -0.15) is 0 Å². The molecule has 0 bridgehead atoms. The maximum atomic E-state index is 4.66. The van der Waals surface area contributed by atoms with Crippen molar-refractivity contribution >= 4 is 45.2 Å². The summed E-state index contributed by atoms with van der Waals surface area (Å²) in [5.41, 5.74) is 3.48. The van der Waals surface area contributed by atoms with Crippen molar-refractivity contribution in [3.8, 4) is 22.8 Å². The minimum Gasteiger partial charge on any atom is -0.255 e. The van der Waals surface area contributed by atoms with E-state index in [1.165, 1.54) is 0 Å². The Morgan fingerprint density at radius 2 is 1.15 bits per heavy atom. The van der Waals surface area contributed by atoms with Gasteiger partial charge in [0.15, 0.2) is 0 Å². The van der Waals surface area contributed by atoms with Crippen LogP contribution in [0.1, 0.15) is 0 Å². The van der Waals surface area contributed by atoms with Gasteiger partial charge >= 0.3 is 0 Å². The monoisotopic (exact) mass is 485 g/mol. The van der Waals surface area contributed by atoms with Crippen molar-refractivity contribution in [2.24, 2.45) is 0 Å². The predicted octanol–water partition coefficient (Wildman–Crippen LogP) is 4.41. The van der Waals surface area contributed by atoms with Crippen molar-refractivity contribution in [2.75, 3.05) is 0 Å². The van der Waals surface area contributed by atoms with Crippen LogP contribution in [-0.4, -0.2) is 15.0 Å². The molecule has 0 saturated heterocycles. The van der Waals surface area contributed by atoms with Crippen molar-refractivity contribution in [2.45, 2.75) is 0 Å². The first-order valence-corrected chi connectivity index (χ1v) is 8.09. The van der Waals surface area contributed by atoms with Gasteiger partial charge in [0.25, 0.3) is 0 Å². The first-order valence-electron chi connectivity index (χ1n) is 5.93. The summed E-state index contributed by atoms with van der Waals surface area (Å²) in [6.45, 7) is 0. The fourth-order valence-electron chi connectivity index (χ4n) is 1.81. The van der Waals surface area contributed by atoms with E-state index in [0.29, 0.717) is 0 Å². The van der Waals surface area contributed by atoms with Crippen LogP contribution in [0.15, 0.2) is 54.9 Å². The molecule has 3 nitrogen and oxygen atoms in total. The summed E-state index contributed by atoms with van der Waals surface area (Å²) in [5, 5.41) is 0. The van der Waals surface area contributed by atoms with Gasteiger partial charge in [0.1, 0.15) is 0 Å². The van der Waals surface area contributed by atoms with Gasteiger partial charge in [-0.25, -0.2) is 4.98 Å². The van der Waals surface area contributed by atoms with Gasteiger partial charge in [0.2, 0.25) is 0 Å². The highest BCUT2D eigenvalue weighted by Gasteiger charge is 2.06. The second-order valence-corrected chi connectivity index (χ2v) is 6.62. The summed E-state index contributed by atoms with van der Waals surface area (Å²) in [7, 11) is 0. The largest absolute Gasteiger partial charge is 0.255 e. The zero-order chi connectivity index (χ0) is 13.9. The Bertz CT molecular complexity index is 699. The SMILES string of the molecule is Ic1ccnc(-c2cccc(-c3cc(I)ccn3)n2)c1. The van der Waals surface area contributed by atoms with Gasteiger partial charge in [-0.05, 0) is 81.6 Å². The van der Waals surface area contributed by atoms with Crippen molar-refractivity contribution in [3.63, 3.8) is 0 Å². The van der Waals surface area contributed by atoms with E-state index in [0.717, 1.165) is 29.9 Å². The molecule has 5 heteroatoms. The fourth-order valence-corrected chi connectivity index (χ4v) is 2.72. The van der Waals surface area contributed by atoms with Crippen LogP contribution in [-0.2, 0) is 0 Å². The lowest BCUT2D eigenvalue weighted by atomic mass is 10.2. The molecule has 0 radical (unpaired) electrons. The van der Waals surface area contributed by atoms with Crippen LogP contribution in [0.3, 0.4) is 0 Å². The number of nitrogens with zero attached hydrogens (tertiary/aromatic N) is 3. The van der Waals surface area contributed by atoms with E-state index in [1.54, 1.807) is 12.4 Å². The number of hydrogen-bond donors (Lipinski definition) is 0. The second kappa shape index (κ2) is 6.13. The topological polar surface area (TPSA) is 38.7 Å². The summed E-state index contributed by atoms with van der Waals surface area (Å²) in [6.07, 6.45) is 3.60. The van der Waals surface area contributed by atoms with Crippen LogP contribution in [0.5, 0.6) is 0 Å². The molecule has 0 amide bonds. The van der Waals surface area contributed by atoms with Crippen LogP contribution < -0.4 is 0 Å². The van der Waals surface area contributed by atoms with Gasteiger partial charge in [-0.1, -0.05) is 6.07 Å². The lowest BCUT2D eigenvalue weighted by molar-refractivity contribution is 1.21. The highest BCUT2D eigenvalue weighted by Crippen LogP contribution is 2.22. The Labute approximate surface area is 144 Å². The zero-order valence-electron chi connectivity index (χ0n) is 10.3. The lowest BCUT2D eigenvalue weighted by Crippen LogP contribution is -1.92. The second-order valence-electron chi connectivity index (χ2n) is 4.13. The average molecular weight is 485 g/mol. The normalized spacial score (nSPS) is 10.5. The van der Waals surface area contributed by atoms with Gasteiger partial charge in [0, 0.05) is 19.5 Å². The molecule has 0 unspecified atom stereocenters. The molecule has 0 aliphatic heterocycles. The molecule has 0 aromatic carbocycles. The predicted molar refractivity (Wildman–Crippen MR) is 96.1 cm³/mol. The third kappa shape index (κ3) is 3.14. The molecule has 0 aliphatic rings. The standard InChI is InChI=1S/C15H9I2N3/c16-10-4-6-18-14(8-10)12-2-1-3-13(20-12)15-9-11(17)5-7-19-15/h1-9H. The van der Waals surface area contributed by atoms with E-state index in [4.69, 9.17) is 0 Å². The number of rotatable bonds is 2. The smallest absolute Gasteiger partial charge is 0.0896 e. The highest BCUT2D eigenvalue weighted by atomic mass is 127. The van der Waals surface area contributed by atoms with Crippen molar-refractivity contribution in [1.82, 2.24) is 15.0 Å². The molecule has 0 saturated carbocycles. The molecule has 3 aromatic rings. The molecule has 0 N–H and O–H groups in total. The molecular formula is C15H9I2N3. The Balaban J connectivity index is 2.06. The van der Waals surface area contributed by atoms with Gasteiger partial charge in [-0.3, -0.25) is 9.97 Å².